The molecule has 0 aliphatic carbocycles. The lowest BCUT2D eigenvalue weighted by molar-refractivity contribution is -0.138. The van der Waals surface area contributed by atoms with Gasteiger partial charge in [0, 0.05) is 18.3 Å². The summed E-state index contributed by atoms with van der Waals surface area (Å²) < 4.78 is 74.9. The molecule has 2 rings (SSSR count). The highest BCUT2D eigenvalue weighted by molar-refractivity contribution is 5.13. The van der Waals surface area contributed by atoms with Gasteiger partial charge in [0.1, 0.15) is 0 Å². The van der Waals surface area contributed by atoms with E-state index in [1.165, 1.54) is 0 Å². The second kappa shape index (κ2) is 8.88. The molecule has 136 valence electrons. The molecule has 2 heterocycles. The summed E-state index contributed by atoms with van der Waals surface area (Å²) in [5.41, 5.74) is -3.67. The van der Waals surface area contributed by atoms with E-state index in [0.717, 1.165) is 12.3 Å². The molecule has 0 aliphatic heterocycles. The van der Waals surface area contributed by atoms with Crippen molar-refractivity contribution in [1.29, 1.82) is 0 Å². The number of H-pyrrole nitrogens is 1. The fraction of sp³-hybridized carbons (Fsp3) is 0.167. The molecule has 6 nitrogen and oxygen atoms in total. The average Bonchev–Trinajstić information content (AvgIpc) is 2.37. The molecule has 0 bridgehead atoms. The topological polar surface area (TPSA) is 130 Å². The maximum absolute atomic E-state index is 11.8. The quantitative estimate of drug-likeness (QED) is 0.697. The molecular formula is C12H13F6N2O4+. The lowest BCUT2D eigenvalue weighted by atomic mass is 10.3. The van der Waals surface area contributed by atoms with Crippen molar-refractivity contribution in [2.24, 2.45) is 0 Å². The first-order chi connectivity index (χ1) is 10.00. The molecule has 0 aliphatic rings. The molecular weight excluding hydrogens is 350 g/mol. The van der Waals surface area contributed by atoms with Gasteiger partial charge in [0.15, 0.2) is 0 Å². The minimum absolute atomic E-state index is 0. The third kappa shape index (κ3) is 7.60. The standard InChI is InChI=1S/C6H4F3NO.C6H3F3O2.H3N.H2O/c7-6(8,9)4-1-2-10-5(11)3-4;7-6(8,9)4-1-2-11-5(10)3-4;;/h1-3H,(H,10,11);1-3H;1H3;1H2/p+1. The van der Waals surface area contributed by atoms with E-state index in [2.05, 4.69) is 9.40 Å². The van der Waals surface area contributed by atoms with Crippen LogP contribution in [0.3, 0.4) is 0 Å². The fourth-order valence-corrected chi connectivity index (χ4v) is 1.18. The Hall–Kier alpha value is -2.60. The van der Waals surface area contributed by atoms with Crippen molar-refractivity contribution in [3.63, 3.8) is 0 Å². The number of hydrogen-bond acceptors (Lipinski definition) is 4. The van der Waals surface area contributed by atoms with Gasteiger partial charge in [-0.05, 0) is 12.1 Å². The number of rotatable bonds is 0. The van der Waals surface area contributed by atoms with Gasteiger partial charge in [-0.3, -0.25) is 4.79 Å². The Balaban J connectivity index is -0.000000346. The van der Waals surface area contributed by atoms with E-state index in [4.69, 9.17) is 0 Å². The van der Waals surface area contributed by atoms with Crippen LogP contribution >= 0.6 is 0 Å². The highest BCUT2D eigenvalue weighted by Gasteiger charge is 2.31. The first-order valence-corrected chi connectivity index (χ1v) is 5.42. The van der Waals surface area contributed by atoms with Gasteiger partial charge < -0.3 is 21.0 Å². The number of alkyl halides is 6. The lowest BCUT2D eigenvalue weighted by Crippen LogP contribution is -2.11. The Morgan fingerprint density at radius 1 is 0.917 bits per heavy atom. The maximum atomic E-state index is 11.8. The predicted molar refractivity (Wildman–Crippen MR) is 71.8 cm³/mol. The lowest BCUT2D eigenvalue weighted by Gasteiger charge is -2.03. The number of pyridine rings is 1. The zero-order valence-electron chi connectivity index (χ0n) is 12.7. The van der Waals surface area contributed by atoms with Gasteiger partial charge in [0.25, 0.3) is 0 Å². The third-order valence-electron chi connectivity index (χ3n) is 2.13. The van der Waals surface area contributed by atoms with Crippen molar-refractivity contribution in [1.82, 2.24) is 11.1 Å². The number of halogens is 6. The summed E-state index contributed by atoms with van der Waals surface area (Å²) in [6.07, 6.45) is -7.24. The Bertz CT molecular complexity index is 678. The third-order valence-corrected chi connectivity index (χ3v) is 2.13. The van der Waals surface area contributed by atoms with E-state index in [1.807, 2.05) is 0 Å². The van der Waals surface area contributed by atoms with Gasteiger partial charge in [0.2, 0.25) is 5.56 Å². The van der Waals surface area contributed by atoms with Crippen LogP contribution in [0, 0.1) is 0 Å². The molecule has 24 heavy (non-hydrogen) atoms. The highest BCUT2D eigenvalue weighted by atomic mass is 19.4. The summed E-state index contributed by atoms with van der Waals surface area (Å²) in [7, 11) is 0. The van der Waals surface area contributed by atoms with E-state index in [9.17, 15) is 35.9 Å². The number of aromatic nitrogens is 1. The van der Waals surface area contributed by atoms with E-state index >= 15 is 0 Å². The first kappa shape index (κ1) is 23.7. The Morgan fingerprint density at radius 2 is 1.42 bits per heavy atom. The molecule has 12 heteroatoms. The second-order valence-electron chi connectivity index (χ2n) is 3.78. The van der Waals surface area contributed by atoms with Gasteiger partial charge in [-0.2, -0.15) is 26.3 Å². The molecule has 0 spiro atoms. The molecule has 0 aromatic carbocycles. The zero-order chi connectivity index (χ0) is 17.0. The Morgan fingerprint density at radius 3 is 1.75 bits per heavy atom. The Labute approximate surface area is 131 Å². The number of hydrogen-bond donors (Lipinski definition) is 2. The molecule has 0 saturated carbocycles. The smallest absolute Gasteiger partial charge is 0.431 e. The zero-order valence-corrected chi connectivity index (χ0v) is 11.7. The van der Waals surface area contributed by atoms with Crippen molar-refractivity contribution < 1.29 is 37.7 Å². The van der Waals surface area contributed by atoms with Crippen molar-refractivity contribution >= 4 is 0 Å². The van der Waals surface area contributed by atoms with Crippen LogP contribution in [-0.4, -0.2) is 10.5 Å². The van der Waals surface area contributed by atoms with Crippen LogP contribution in [0.15, 0.2) is 50.7 Å². The predicted octanol–water partition coefficient (Wildman–Crippen LogP) is 2.50. The van der Waals surface area contributed by atoms with Gasteiger partial charge in [-0.1, -0.05) is 0 Å². The van der Waals surface area contributed by atoms with E-state index in [-0.39, 0.29) is 13.1 Å². The van der Waals surface area contributed by atoms with E-state index in [0.29, 0.717) is 24.5 Å². The van der Waals surface area contributed by atoms with Crippen LogP contribution in [0.4, 0.5) is 26.3 Å². The van der Waals surface area contributed by atoms with Crippen LogP contribution in [0.5, 0.6) is 0 Å². The molecule has 0 unspecified atom stereocenters. The molecule has 6 N–H and O–H groups in total. The molecule has 2 aromatic heterocycles. The minimum atomic E-state index is -4.48. The Kier molecular flexibility index (Phi) is 8.76. The van der Waals surface area contributed by atoms with Gasteiger partial charge >= 0.3 is 19.4 Å². The van der Waals surface area contributed by atoms with Crippen LogP contribution in [0.2, 0.25) is 0 Å². The van der Waals surface area contributed by atoms with Crippen molar-refractivity contribution in [3.05, 3.63) is 68.6 Å². The number of aromatic amines is 1. The van der Waals surface area contributed by atoms with Gasteiger partial charge in [-0.25, -0.2) is 4.79 Å². The molecule has 0 atom stereocenters. The summed E-state index contributed by atoms with van der Waals surface area (Å²) in [6.45, 7) is 0. The monoisotopic (exact) mass is 363 g/mol. The van der Waals surface area contributed by atoms with E-state index in [1.54, 1.807) is 0 Å². The molecule has 0 saturated heterocycles. The SMILES string of the molecule is N.O.O=c1cc(C(F)(F)F)cc[nH]1.O=c1cc(C(F)(F)F)cco1.[H+]. The second-order valence-corrected chi connectivity index (χ2v) is 3.78. The molecule has 0 radical (unpaired) electrons. The normalized spacial score (nSPS) is 10.6. The molecule has 2 aromatic rings. The van der Waals surface area contributed by atoms with E-state index < -0.39 is 34.7 Å². The van der Waals surface area contributed by atoms with Crippen molar-refractivity contribution in [3.8, 4) is 0 Å². The molecule has 0 fully saturated rings. The minimum Gasteiger partial charge on any atom is -0.431 e. The summed E-state index contributed by atoms with van der Waals surface area (Å²) >= 11 is 0. The largest absolute Gasteiger partial charge is 1.00 e. The number of nitrogens with one attached hydrogen (secondary N) is 1. The van der Waals surface area contributed by atoms with Crippen molar-refractivity contribution in [2.45, 2.75) is 12.4 Å². The van der Waals surface area contributed by atoms with Crippen LogP contribution in [0.25, 0.3) is 0 Å². The summed E-state index contributed by atoms with van der Waals surface area (Å²) in [5, 5.41) is 0. The van der Waals surface area contributed by atoms with Crippen LogP contribution in [0.1, 0.15) is 12.6 Å². The molecule has 0 amide bonds. The van der Waals surface area contributed by atoms with Gasteiger partial charge in [-0.15, -0.1) is 0 Å². The van der Waals surface area contributed by atoms with Gasteiger partial charge in [0.05, 0.1) is 17.4 Å². The summed E-state index contributed by atoms with van der Waals surface area (Å²) in [5.74, 6) is 0. The maximum Gasteiger partial charge on any atom is 1.00 e. The first-order valence-electron chi connectivity index (χ1n) is 5.42. The average molecular weight is 363 g/mol. The summed E-state index contributed by atoms with van der Waals surface area (Å²) in [4.78, 5) is 22.7. The van der Waals surface area contributed by atoms with Crippen molar-refractivity contribution in [2.75, 3.05) is 0 Å². The van der Waals surface area contributed by atoms with Crippen LogP contribution < -0.4 is 17.3 Å². The highest BCUT2D eigenvalue weighted by Crippen LogP contribution is 2.28. The van der Waals surface area contributed by atoms with Crippen LogP contribution in [-0.2, 0) is 12.4 Å². The fourth-order valence-electron chi connectivity index (χ4n) is 1.18. The summed E-state index contributed by atoms with van der Waals surface area (Å²) in [6, 6.07) is 2.42.